The third-order valence-corrected chi connectivity index (χ3v) is 6.81. The van der Waals surface area contributed by atoms with Crippen molar-refractivity contribution < 1.29 is 4.74 Å². The minimum absolute atomic E-state index is 0.443. The molecule has 4 aromatic rings. The summed E-state index contributed by atoms with van der Waals surface area (Å²) in [5.41, 5.74) is 6.46. The zero-order chi connectivity index (χ0) is 22.6. The Morgan fingerprint density at radius 3 is 2.55 bits per heavy atom. The molecule has 0 radical (unpaired) electrons. The first-order valence-electron chi connectivity index (χ1n) is 11.8. The summed E-state index contributed by atoms with van der Waals surface area (Å²) >= 11 is 6.00. The minimum Gasteiger partial charge on any atom is -0.486 e. The monoisotopic (exact) mass is 459 g/mol. The van der Waals surface area contributed by atoms with E-state index in [0.29, 0.717) is 11.6 Å². The minimum atomic E-state index is 0.443. The Morgan fingerprint density at radius 1 is 0.909 bits per heavy atom. The van der Waals surface area contributed by atoms with Crippen LogP contribution in [0, 0.1) is 6.92 Å². The predicted octanol–water partition coefficient (Wildman–Crippen LogP) is 6.42. The molecule has 2 heterocycles. The molecule has 0 spiro atoms. The van der Waals surface area contributed by atoms with E-state index >= 15 is 0 Å². The molecular formula is C28H30ClN3O. The van der Waals surface area contributed by atoms with Gasteiger partial charge in [0.1, 0.15) is 18.2 Å². The summed E-state index contributed by atoms with van der Waals surface area (Å²) in [7, 11) is 0. The number of para-hydroxylation sites is 1. The van der Waals surface area contributed by atoms with E-state index in [1.54, 1.807) is 0 Å². The van der Waals surface area contributed by atoms with Gasteiger partial charge in [0, 0.05) is 24.7 Å². The summed E-state index contributed by atoms with van der Waals surface area (Å²) in [5, 5.41) is 0.711. The molecule has 0 saturated heterocycles. The Labute approximate surface area is 200 Å². The number of hydrogen-bond acceptors (Lipinski definition) is 3. The first kappa shape index (κ1) is 22.0. The number of aromatic nitrogens is 2. The number of ether oxygens (including phenoxy) is 1. The zero-order valence-electron chi connectivity index (χ0n) is 19.1. The lowest BCUT2D eigenvalue weighted by Crippen LogP contribution is -2.31. The Hall–Kier alpha value is -2.82. The molecule has 0 aliphatic carbocycles. The summed E-state index contributed by atoms with van der Waals surface area (Å²) in [6, 6.07) is 22.8. The number of nitrogens with zero attached hydrogens (tertiary/aromatic N) is 3. The lowest BCUT2D eigenvalue weighted by molar-refractivity contribution is 0.246. The topological polar surface area (TPSA) is 30.3 Å². The Balaban J connectivity index is 1.23. The normalized spacial score (nSPS) is 13.9. The SMILES string of the molecule is Cc1cccc2c1nc(COc1ccc(Cl)cc1)n2CCCCN1CCc2ccccc2C1. The van der Waals surface area contributed by atoms with Crippen LogP contribution in [0.1, 0.15) is 35.4 Å². The maximum Gasteiger partial charge on any atom is 0.148 e. The molecule has 0 bridgehead atoms. The average Bonchev–Trinajstić information content (AvgIpc) is 3.20. The first-order valence-corrected chi connectivity index (χ1v) is 12.2. The number of aryl methyl sites for hydroxylation is 2. The molecule has 1 aromatic heterocycles. The van der Waals surface area contributed by atoms with Gasteiger partial charge in [0.05, 0.1) is 11.0 Å². The standard InChI is InChI=1S/C28H30ClN3O/c1-21-7-6-10-26-28(21)30-27(20-33-25-13-11-24(29)12-14-25)32(26)17-5-4-16-31-18-15-22-8-2-3-9-23(22)19-31/h2-3,6-14H,4-5,15-20H2,1H3. The van der Waals surface area contributed by atoms with Gasteiger partial charge >= 0.3 is 0 Å². The highest BCUT2D eigenvalue weighted by Crippen LogP contribution is 2.23. The van der Waals surface area contributed by atoms with Crippen LogP contribution in [-0.4, -0.2) is 27.5 Å². The van der Waals surface area contributed by atoms with Gasteiger partial charge in [-0.2, -0.15) is 0 Å². The van der Waals surface area contributed by atoms with Crippen molar-refractivity contribution in [2.24, 2.45) is 0 Å². The first-order chi connectivity index (χ1) is 16.2. The Bertz CT molecular complexity index is 1230. The molecule has 0 N–H and O–H groups in total. The molecule has 0 fully saturated rings. The molecule has 1 aliphatic rings. The third kappa shape index (κ3) is 5.07. The van der Waals surface area contributed by atoms with Crippen LogP contribution in [0.5, 0.6) is 5.75 Å². The summed E-state index contributed by atoms with van der Waals surface area (Å²) in [4.78, 5) is 7.53. The molecule has 0 unspecified atom stereocenters. The van der Waals surface area contributed by atoms with E-state index in [1.165, 1.54) is 28.6 Å². The second kappa shape index (κ2) is 9.98. The van der Waals surface area contributed by atoms with Crippen molar-refractivity contribution in [3.63, 3.8) is 0 Å². The number of hydrogen-bond donors (Lipinski definition) is 0. The van der Waals surface area contributed by atoms with Crippen molar-refractivity contribution in [2.75, 3.05) is 13.1 Å². The molecule has 170 valence electrons. The highest BCUT2D eigenvalue weighted by molar-refractivity contribution is 6.30. The fourth-order valence-corrected chi connectivity index (χ4v) is 4.85. The van der Waals surface area contributed by atoms with E-state index in [-0.39, 0.29) is 0 Å². The highest BCUT2D eigenvalue weighted by atomic mass is 35.5. The molecule has 4 nitrogen and oxygen atoms in total. The third-order valence-electron chi connectivity index (χ3n) is 6.56. The van der Waals surface area contributed by atoms with Crippen molar-refractivity contribution in [1.82, 2.24) is 14.5 Å². The van der Waals surface area contributed by atoms with Crippen LogP contribution >= 0.6 is 11.6 Å². The summed E-state index contributed by atoms with van der Waals surface area (Å²) in [6.45, 7) is 6.88. The molecule has 0 amide bonds. The van der Waals surface area contributed by atoms with Crippen LogP contribution < -0.4 is 4.74 Å². The summed E-state index contributed by atoms with van der Waals surface area (Å²) in [5.74, 6) is 1.78. The van der Waals surface area contributed by atoms with E-state index in [1.807, 2.05) is 24.3 Å². The van der Waals surface area contributed by atoms with Gasteiger partial charge in [0.25, 0.3) is 0 Å². The van der Waals surface area contributed by atoms with Crippen LogP contribution in [0.25, 0.3) is 11.0 Å². The second-order valence-corrected chi connectivity index (χ2v) is 9.30. The van der Waals surface area contributed by atoms with E-state index in [4.69, 9.17) is 21.3 Å². The maximum absolute atomic E-state index is 6.04. The van der Waals surface area contributed by atoms with Gasteiger partial charge in [-0.1, -0.05) is 48.0 Å². The average molecular weight is 460 g/mol. The molecule has 0 saturated carbocycles. The van der Waals surface area contributed by atoms with Crippen LogP contribution in [0.2, 0.25) is 5.02 Å². The number of benzene rings is 3. The number of unbranched alkanes of at least 4 members (excludes halogenated alkanes) is 1. The fraction of sp³-hybridized carbons (Fsp3) is 0.321. The van der Waals surface area contributed by atoms with Crippen molar-refractivity contribution in [1.29, 1.82) is 0 Å². The van der Waals surface area contributed by atoms with Crippen LogP contribution in [-0.2, 0) is 26.1 Å². The van der Waals surface area contributed by atoms with E-state index < -0.39 is 0 Å². The van der Waals surface area contributed by atoms with Gasteiger partial charge in [-0.05, 0) is 79.8 Å². The van der Waals surface area contributed by atoms with Crippen LogP contribution in [0.4, 0.5) is 0 Å². The summed E-state index contributed by atoms with van der Waals surface area (Å²) in [6.07, 6.45) is 3.45. The lowest BCUT2D eigenvalue weighted by Gasteiger charge is -2.28. The highest BCUT2D eigenvalue weighted by Gasteiger charge is 2.16. The van der Waals surface area contributed by atoms with Gasteiger partial charge in [-0.3, -0.25) is 4.90 Å². The van der Waals surface area contributed by atoms with E-state index in [9.17, 15) is 0 Å². The molecule has 33 heavy (non-hydrogen) atoms. The molecule has 1 aliphatic heterocycles. The van der Waals surface area contributed by atoms with Gasteiger partial charge in [0.15, 0.2) is 0 Å². The quantitative estimate of drug-likeness (QED) is 0.285. The zero-order valence-corrected chi connectivity index (χ0v) is 19.9. The molecule has 5 heteroatoms. The molecule has 0 atom stereocenters. The van der Waals surface area contributed by atoms with Crippen LogP contribution in [0.3, 0.4) is 0 Å². The predicted molar refractivity (Wildman–Crippen MR) is 135 cm³/mol. The van der Waals surface area contributed by atoms with Gasteiger partial charge in [0.2, 0.25) is 0 Å². The Morgan fingerprint density at radius 2 is 1.70 bits per heavy atom. The molecule has 3 aromatic carbocycles. The largest absolute Gasteiger partial charge is 0.486 e. The van der Waals surface area contributed by atoms with E-state index in [0.717, 1.165) is 56.1 Å². The van der Waals surface area contributed by atoms with Crippen molar-refractivity contribution in [2.45, 2.75) is 45.9 Å². The molecular weight excluding hydrogens is 430 g/mol. The van der Waals surface area contributed by atoms with Crippen molar-refractivity contribution in [3.05, 3.63) is 94.3 Å². The van der Waals surface area contributed by atoms with Crippen molar-refractivity contribution >= 4 is 22.6 Å². The fourth-order valence-electron chi connectivity index (χ4n) is 4.72. The second-order valence-electron chi connectivity index (χ2n) is 8.87. The van der Waals surface area contributed by atoms with E-state index in [2.05, 4.69) is 58.9 Å². The number of imidazole rings is 1. The van der Waals surface area contributed by atoms with Crippen LogP contribution in [0.15, 0.2) is 66.7 Å². The number of fused-ring (bicyclic) bond motifs is 2. The molecule has 5 rings (SSSR count). The lowest BCUT2D eigenvalue weighted by atomic mass is 10.00. The van der Waals surface area contributed by atoms with Gasteiger partial charge < -0.3 is 9.30 Å². The van der Waals surface area contributed by atoms with Crippen molar-refractivity contribution in [3.8, 4) is 5.75 Å². The van der Waals surface area contributed by atoms with Gasteiger partial charge in [-0.15, -0.1) is 0 Å². The summed E-state index contributed by atoms with van der Waals surface area (Å²) < 4.78 is 8.38. The Kier molecular flexibility index (Phi) is 6.65. The number of rotatable bonds is 8. The van der Waals surface area contributed by atoms with Gasteiger partial charge in [-0.25, -0.2) is 4.98 Å². The number of halogens is 1. The maximum atomic E-state index is 6.04. The smallest absolute Gasteiger partial charge is 0.148 e.